The molecule has 0 aromatic heterocycles. The minimum atomic E-state index is -1.20. The van der Waals surface area contributed by atoms with E-state index in [-0.39, 0.29) is 11.5 Å². The van der Waals surface area contributed by atoms with Gasteiger partial charge >= 0.3 is 5.97 Å². The highest BCUT2D eigenvalue weighted by Gasteiger charge is 2.09. The number of hydrogen-bond donors (Lipinski definition) is 4. The average Bonchev–Trinajstić information content (AvgIpc) is 2.30. The Labute approximate surface area is 104 Å². The molecule has 0 radical (unpaired) electrons. The summed E-state index contributed by atoms with van der Waals surface area (Å²) in [5.74, 6) is -2.15. The van der Waals surface area contributed by atoms with Crippen LogP contribution in [0.2, 0.25) is 0 Å². The number of carboxylic acids is 1. The summed E-state index contributed by atoms with van der Waals surface area (Å²) in [4.78, 5) is 32.0. The minimum Gasteiger partial charge on any atom is -0.480 e. The highest BCUT2D eigenvalue weighted by Crippen LogP contribution is 1.89. The zero-order valence-electron chi connectivity index (χ0n) is 9.82. The highest BCUT2D eigenvalue weighted by molar-refractivity contribution is 5.98. The van der Waals surface area contributed by atoms with Crippen molar-refractivity contribution in [3.8, 4) is 6.07 Å². The molecule has 0 bridgehead atoms. The predicted octanol–water partition coefficient (Wildman–Crippen LogP) is -1.68. The van der Waals surface area contributed by atoms with Crippen molar-refractivity contribution in [3.05, 3.63) is 11.8 Å². The molecule has 0 fully saturated rings. The van der Waals surface area contributed by atoms with Gasteiger partial charge in [0, 0.05) is 26.2 Å². The summed E-state index contributed by atoms with van der Waals surface area (Å²) in [6.07, 6.45) is 1.17. The lowest BCUT2D eigenvalue weighted by Gasteiger charge is -2.03. The van der Waals surface area contributed by atoms with Crippen LogP contribution in [-0.2, 0) is 14.4 Å². The molecule has 4 N–H and O–H groups in total. The van der Waals surface area contributed by atoms with E-state index in [1.165, 1.54) is 13.1 Å². The van der Waals surface area contributed by atoms with Crippen LogP contribution in [0.1, 0.15) is 6.92 Å². The topological polar surface area (TPSA) is 131 Å². The number of nitrogens with zero attached hydrogens (tertiary/aromatic N) is 1. The Morgan fingerprint density at radius 1 is 1.28 bits per heavy atom. The van der Waals surface area contributed by atoms with Gasteiger partial charge in [-0.2, -0.15) is 5.26 Å². The van der Waals surface area contributed by atoms with E-state index >= 15 is 0 Å². The van der Waals surface area contributed by atoms with E-state index in [9.17, 15) is 14.4 Å². The quantitative estimate of drug-likeness (QED) is 0.244. The number of carboxylic acid groups (broad SMARTS) is 1. The van der Waals surface area contributed by atoms with Crippen LogP contribution in [0.5, 0.6) is 0 Å². The molecule has 0 aromatic rings. The molecule has 8 heteroatoms. The molecule has 0 rings (SSSR count). The van der Waals surface area contributed by atoms with E-state index in [1.54, 1.807) is 6.07 Å². The molecule has 0 saturated carbocycles. The largest absolute Gasteiger partial charge is 0.480 e. The SMILES string of the molecule is CC(=O)NCCN/C=C(/C#N)C(=O)NCC(=O)O. The first-order chi connectivity index (χ1) is 8.47. The van der Waals surface area contributed by atoms with Crippen molar-refractivity contribution in [1.82, 2.24) is 16.0 Å². The summed E-state index contributed by atoms with van der Waals surface area (Å²) >= 11 is 0. The fraction of sp³-hybridized carbons (Fsp3) is 0.400. The van der Waals surface area contributed by atoms with Gasteiger partial charge in [-0.05, 0) is 0 Å². The van der Waals surface area contributed by atoms with Gasteiger partial charge in [-0.25, -0.2) is 0 Å². The first kappa shape index (κ1) is 15.4. The second kappa shape index (κ2) is 8.58. The van der Waals surface area contributed by atoms with E-state index in [0.29, 0.717) is 13.1 Å². The van der Waals surface area contributed by atoms with E-state index in [1.807, 2.05) is 0 Å². The molecule has 2 amide bonds. The summed E-state index contributed by atoms with van der Waals surface area (Å²) in [6.45, 7) is 1.51. The van der Waals surface area contributed by atoms with E-state index in [2.05, 4.69) is 16.0 Å². The van der Waals surface area contributed by atoms with Gasteiger partial charge < -0.3 is 21.1 Å². The molecule has 0 aliphatic carbocycles. The summed E-state index contributed by atoms with van der Waals surface area (Å²) in [6, 6.07) is 1.63. The van der Waals surface area contributed by atoms with Crippen LogP contribution >= 0.6 is 0 Å². The first-order valence-electron chi connectivity index (χ1n) is 5.05. The Bertz CT molecular complexity index is 397. The Morgan fingerprint density at radius 2 is 1.94 bits per heavy atom. The smallest absolute Gasteiger partial charge is 0.322 e. The number of rotatable bonds is 7. The maximum absolute atomic E-state index is 11.3. The fourth-order valence-electron chi connectivity index (χ4n) is 0.885. The van der Waals surface area contributed by atoms with Crippen molar-refractivity contribution >= 4 is 17.8 Å². The van der Waals surface area contributed by atoms with Crippen LogP contribution in [-0.4, -0.2) is 42.5 Å². The molecule has 0 atom stereocenters. The van der Waals surface area contributed by atoms with Gasteiger partial charge in [0.15, 0.2) is 0 Å². The molecule has 0 aromatic carbocycles. The summed E-state index contributed by atoms with van der Waals surface area (Å²) in [5, 5.41) is 24.2. The van der Waals surface area contributed by atoms with Gasteiger partial charge in [-0.15, -0.1) is 0 Å². The number of nitrogens with one attached hydrogen (secondary N) is 3. The molecule has 0 saturated heterocycles. The molecule has 0 heterocycles. The van der Waals surface area contributed by atoms with E-state index in [4.69, 9.17) is 10.4 Å². The second-order valence-corrected chi connectivity index (χ2v) is 3.18. The molecular formula is C10H14N4O4. The Kier molecular flexibility index (Phi) is 7.36. The molecule has 8 nitrogen and oxygen atoms in total. The zero-order valence-corrected chi connectivity index (χ0v) is 9.82. The molecule has 0 spiro atoms. The summed E-state index contributed by atoms with van der Waals surface area (Å²) < 4.78 is 0. The van der Waals surface area contributed by atoms with Gasteiger partial charge in [-0.3, -0.25) is 14.4 Å². The fourth-order valence-corrected chi connectivity index (χ4v) is 0.885. The predicted molar refractivity (Wildman–Crippen MR) is 61.0 cm³/mol. The molecular weight excluding hydrogens is 240 g/mol. The van der Waals surface area contributed by atoms with E-state index < -0.39 is 18.4 Å². The Balaban J connectivity index is 4.07. The third-order valence-corrected chi connectivity index (χ3v) is 1.65. The van der Waals surface area contributed by atoms with Crippen molar-refractivity contribution in [2.45, 2.75) is 6.92 Å². The van der Waals surface area contributed by atoms with Gasteiger partial charge in [0.1, 0.15) is 18.2 Å². The molecule has 18 heavy (non-hydrogen) atoms. The van der Waals surface area contributed by atoms with Crippen molar-refractivity contribution in [1.29, 1.82) is 5.26 Å². The normalized spacial score (nSPS) is 10.1. The number of nitriles is 1. The zero-order chi connectivity index (χ0) is 14.0. The van der Waals surface area contributed by atoms with Crippen molar-refractivity contribution in [2.75, 3.05) is 19.6 Å². The van der Waals surface area contributed by atoms with Crippen molar-refractivity contribution in [2.24, 2.45) is 0 Å². The Morgan fingerprint density at radius 3 is 2.44 bits per heavy atom. The number of aliphatic carboxylic acids is 1. The maximum Gasteiger partial charge on any atom is 0.322 e. The number of carbonyl (C=O) groups excluding carboxylic acids is 2. The van der Waals surface area contributed by atoms with Crippen molar-refractivity contribution in [3.63, 3.8) is 0 Å². The molecule has 98 valence electrons. The van der Waals surface area contributed by atoms with Crippen LogP contribution in [0.4, 0.5) is 0 Å². The standard InChI is InChI=1S/C10H14N4O4/c1-7(15)13-3-2-12-5-8(4-11)10(18)14-6-9(16)17/h5,12H,2-3,6H2,1H3,(H,13,15)(H,14,18)(H,16,17)/b8-5-. The van der Waals surface area contributed by atoms with Crippen molar-refractivity contribution < 1.29 is 19.5 Å². The van der Waals surface area contributed by atoms with Crippen LogP contribution in [0, 0.1) is 11.3 Å². The third kappa shape index (κ3) is 7.70. The molecule has 0 unspecified atom stereocenters. The highest BCUT2D eigenvalue weighted by atomic mass is 16.4. The van der Waals surface area contributed by atoms with Crippen LogP contribution in [0.25, 0.3) is 0 Å². The molecule has 0 aliphatic rings. The van der Waals surface area contributed by atoms with Crippen LogP contribution < -0.4 is 16.0 Å². The number of amides is 2. The average molecular weight is 254 g/mol. The van der Waals surface area contributed by atoms with E-state index in [0.717, 1.165) is 0 Å². The summed E-state index contributed by atoms with van der Waals surface area (Å²) in [7, 11) is 0. The van der Waals surface area contributed by atoms with Gasteiger partial charge in [0.05, 0.1) is 0 Å². The monoisotopic (exact) mass is 254 g/mol. The van der Waals surface area contributed by atoms with Gasteiger partial charge in [0.25, 0.3) is 5.91 Å². The van der Waals surface area contributed by atoms with Gasteiger partial charge in [0.2, 0.25) is 5.91 Å². The lowest BCUT2D eigenvalue weighted by atomic mass is 10.3. The first-order valence-corrected chi connectivity index (χ1v) is 5.05. The lowest BCUT2D eigenvalue weighted by Crippen LogP contribution is -2.32. The van der Waals surface area contributed by atoms with Crippen LogP contribution in [0.15, 0.2) is 11.8 Å². The van der Waals surface area contributed by atoms with Crippen LogP contribution in [0.3, 0.4) is 0 Å². The number of carbonyl (C=O) groups is 3. The summed E-state index contributed by atoms with van der Waals surface area (Å²) in [5.41, 5.74) is -0.237. The number of hydrogen-bond acceptors (Lipinski definition) is 5. The Hall–Kier alpha value is -2.56. The molecule has 0 aliphatic heterocycles. The maximum atomic E-state index is 11.3. The minimum absolute atomic E-state index is 0.180. The lowest BCUT2D eigenvalue weighted by molar-refractivity contribution is -0.137. The van der Waals surface area contributed by atoms with Gasteiger partial charge in [-0.1, -0.05) is 0 Å². The second-order valence-electron chi connectivity index (χ2n) is 3.18. The third-order valence-electron chi connectivity index (χ3n) is 1.65.